The van der Waals surface area contributed by atoms with Crippen LogP contribution in [-0.2, 0) is 0 Å². The summed E-state index contributed by atoms with van der Waals surface area (Å²) in [6.07, 6.45) is 4.78. The normalized spacial score (nSPS) is 10.9. The highest BCUT2D eigenvalue weighted by Crippen LogP contribution is 2.00. The van der Waals surface area contributed by atoms with E-state index in [1.165, 1.54) is 0 Å². The molecule has 4 heteroatoms. The molecular formula is C10H9N2O2. The van der Waals surface area contributed by atoms with Gasteiger partial charge in [0, 0.05) is 0 Å². The maximum atomic E-state index is 5.06. The minimum absolute atomic E-state index is 0.699. The number of hydrogen-bond acceptors (Lipinski definition) is 4. The third-order valence-electron chi connectivity index (χ3n) is 1.56. The Morgan fingerprint density at radius 2 is 1.79 bits per heavy atom. The van der Waals surface area contributed by atoms with Gasteiger partial charge in [-0.05, 0) is 24.3 Å². The molecule has 2 aromatic heterocycles. The molecule has 14 heavy (non-hydrogen) atoms. The molecule has 2 heterocycles. The molecule has 0 bridgehead atoms. The van der Waals surface area contributed by atoms with Crippen LogP contribution in [0.5, 0.6) is 0 Å². The van der Waals surface area contributed by atoms with Crippen molar-refractivity contribution in [3.05, 3.63) is 54.9 Å². The van der Waals surface area contributed by atoms with E-state index in [4.69, 9.17) is 8.83 Å². The molecule has 0 aliphatic carbocycles. The number of hydrogen-bond donors (Lipinski definition) is 1. The number of nitrogens with zero attached hydrogens (tertiary/aromatic N) is 1. The summed E-state index contributed by atoms with van der Waals surface area (Å²) in [5, 5.41) is 3.90. The Balaban J connectivity index is 1.78. The number of hydrazone groups is 1. The highest BCUT2D eigenvalue weighted by molar-refractivity contribution is 5.75. The average Bonchev–Trinajstić information content (AvgIpc) is 2.86. The molecule has 4 nitrogen and oxygen atoms in total. The summed E-state index contributed by atoms with van der Waals surface area (Å²) in [5.41, 5.74) is 2.72. The Morgan fingerprint density at radius 3 is 2.43 bits per heavy atom. The summed E-state index contributed by atoms with van der Waals surface area (Å²) in [5.74, 6) is 1.42. The summed E-state index contributed by atoms with van der Waals surface area (Å²) in [6.45, 7) is 1.65. The van der Waals surface area contributed by atoms with Gasteiger partial charge in [-0.1, -0.05) is 0 Å². The van der Waals surface area contributed by atoms with Gasteiger partial charge >= 0.3 is 0 Å². The predicted octanol–water partition coefficient (Wildman–Crippen LogP) is 2.01. The van der Waals surface area contributed by atoms with Gasteiger partial charge in [-0.2, -0.15) is 5.10 Å². The lowest BCUT2D eigenvalue weighted by molar-refractivity contribution is 0.529. The van der Waals surface area contributed by atoms with E-state index >= 15 is 0 Å². The molecule has 0 aliphatic heterocycles. The maximum Gasteiger partial charge on any atom is 0.146 e. The van der Waals surface area contributed by atoms with Crippen molar-refractivity contribution in [3.63, 3.8) is 0 Å². The van der Waals surface area contributed by atoms with Crippen molar-refractivity contribution in [1.82, 2.24) is 5.43 Å². The second kappa shape index (κ2) is 4.32. The molecule has 0 spiro atoms. The molecular weight excluding hydrogens is 180 g/mol. The molecule has 2 rings (SSSR count). The number of nitrogens with one attached hydrogen (secondary N) is 1. The van der Waals surface area contributed by atoms with E-state index in [0.717, 1.165) is 5.76 Å². The van der Waals surface area contributed by atoms with Crippen molar-refractivity contribution < 1.29 is 8.83 Å². The van der Waals surface area contributed by atoms with Gasteiger partial charge in [0.15, 0.2) is 0 Å². The van der Waals surface area contributed by atoms with Gasteiger partial charge in [-0.25, -0.2) is 0 Å². The Kier molecular flexibility index (Phi) is 2.66. The van der Waals surface area contributed by atoms with Crippen LogP contribution in [0.2, 0.25) is 0 Å². The molecule has 0 atom stereocenters. The maximum absolute atomic E-state index is 5.06. The van der Waals surface area contributed by atoms with Crippen LogP contribution in [0, 0.1) is 6.54 Å². The summed E-state index contributed by atoms with van der Waals surface area (Å²) < 4.78 is 10.1. The van der Waals surface area contributed by atoms with Crippen molar-refractivity contribution >= 4 is 6.21 Å². The van der Waals surface area contributed by atoms with Crippen LogP contribution in [0.3, 0.4) is 0 Å². The van der Waals surface area contributed by atoms with E-state index in [0.29, 0.717) is 5.76 Å². The zero-order chi connectivity index (χ0) is 9.64. The lowest BCUT2D eigenvalue weighted by Gasteiger charge is -1.93. The summed E-state index contributed by atoms with van der Waals surface area (Å²) in [4.78, 5) is 0. The van der Waals surface area contributed by atoms with Gasteiger partial charge in [0.25, 0.3) is 0 Å². The molecule has 0 saturated heterocycles. The second-order valence-corrected chi connectivity index (χ2v) is 2.56. The highest BCUT2D eigenvalue weighted by atomic mass is 16.3. The van der Waals surface area contributed by atoms with Gasteiger partial charge < -0.3 is 8.83 Å². The Morgan fingerprint density at radius 1 is 1.07 bits per heavy atom. The van der Waals surface area contributed by atoms with E-state index in [1.54, 1.807) is 31.4 Å². The van der Waals surface area contributed by atoms with E-state index < -0.39 is 0 Å². The first-order valence-electron chi connectivity index (χ1n) is 4.14. The third kappa shape index (κ3) is 2.26. The summed E-state index contributed by atoms with van der Waals surface area (Å²) >= 11 is 0. The van der Waals surface area contributed by atoms with Crippen LogP contribution >= 0.6 is 0 Å². The highest BCUT2D eigenvalue weighted by Gasteiger charge is 1.92. The molecule has 2 aromatic rings. The zero-order valence-electron chi connectivity index (χ0n) is 7.38. The molecule has 0 fully saturated rings. The van der Waals surface area contributed by atoms with Gasteiger partial charge in [-0.15, -0.1) is 0 Å². The first kappa shape index (κ1) is 8.62. The van der Waals surface area contributed by atoms with E-state index in [-0.39, 0.29) is 0 Å². The Labute approximate surface area is 81.2 Å². The second-order valence-electron chi connectivity index (χ2n) is 2.56. The smallest absolute Gasteiger partial charge is 0.146 e. The van der Waals surface area contributed by atoms with Crippen LogP contribution < -0.4 is 5.43 Å². The fraction of sp³-hybridized carbons (Fsp3) is 0. The van der Waals surface area contributed by atoms with Crippen molar-refractivity contribution in [1.29, 1.82) is 0 Å². The topological polar surface area (TPSA) is 50.7 Å². The van der Waals surface area contributed by atoms with E-state index in [9.17, 15) is 0 Å². The average molecular weight is 189 g/mol. The van der Waals surface area contributed by atoms with Crippen molar-refractivity contribution in [2.45, 2.75) is 0 Å². The minimum Gasteiger partial charge on any atom is -0.467 e. The van der Waals surface area contributed by atoms with Crippen LogP contribution in [0.4, 0.5) is 0 Å². The standard InChI is InChI=1S/C10H9N2O2/c1-3-9(13-5-1)7-11-12-8-10-4-2-6-14-10/h1-8,11H. The monoisotopic (exact) mass is 189 g/mol. The Bertz CT molecular complexity index is 376. The van der Waals surface area contributed by atoms with Gasteiger partial charge in [0.1, 0.15) is 18.1 Å². The molecule has 1 radical (unpaired) electrons. The van der Waals surface area contributed by atoms with Crippen molar-refractivity contribution in [3.8, 4) is 0 Å². The zero-order valence-corrected chi connectivity index (χ0v) is 7.38. The fourth-order valence-corrected chi connectivity index (χ4v) is 0.940. The lowest BCUT2D eigenvalue weighted by atomic mass is 10.5. The van der Waals surface area contributed by atoms with E-state index in [2.05, 4.69) is 10.5 Å². The number of furan rings is 2. The first-order valence-corrected chi connectivity index (χ1v) is 4.14. The summed E-state index contributed by atoms with van der Waals surface area (Å²) in [7, 11) is 0. The van der Waals surface area contributed by atoms with E-state index in [1.807, 2.05) is 18.2 Å². The Hall–Kier alpha value is -1.97. The van der Waals surface area contributed by atoms with Crippen LogP contribution in [0.15, 0.2) is 50.7 Å². The van der Waals surface area contributed by atoms with Gasteiger partial charge in [0.05, 0.1) is 18.7 Å². The van der Waals surface area contributed by atoms with Crippen LogP contribution in [0.25, 0.3) is 0 Å². The van der Waals surface area contributed by atoms with Crippen LogP contribution in [-0.4, -0.2) is 6.21 Å². The molecule has 0 saturated carbocycles. The molecule has 0 aliphatic rings. The van der Waals surface area contributed by atoms with Crippen LogP contribution in [0.1, 0.15) is 11.5 Å². The molecule has 71 valence electrons. The predicted molar refractivity (Wildman–Crippen MR) is 51.5 cm³/mol. The molecule has 1 N–H and O–H groups in total. The largest absolute Gasteiger partial charge is 0.467 e. The molecule has 0 unspecified atom stereocenters. The molecule has 0 aromatic carbocycles. The fourth-order valence-electron chi connectivity index (χ4n) is 0.940. The van der Waals surface area contributed by atoms with Gasteiger partial charge in [0.2, 0.25) is 0 Å². The summed E-state index contributed by atoms with van der Waals surface area (Å²) in [6, 6.07) is 7.26. The lowest BCUT2D eigenvalue weighted by Crippen LogP contribution is -2.01. The third-order valence-corrected chi connectivity index (χ3v) is 1.56. The number of rotatable bonds is 4. The van der Waals surface area contributed by atoms with Crippen molar-refractivity contribution in [2.24, 2.45) is 5.10 Å². The van der Waals surface area contributed by atoms with Crippen molar-refractivity contribution in [2.75, 3.05) is 0 Å². The quantitative estimate of drug-likeness (QED) is 0.591. The molecule has 0 amide bonds. The SMILES string of the molecule is [CH](NN=Cc1ccco1)c1ccco1. The first-order chi connectivity index (χ1) is 6.95. The van der Waals surface area contributed by atoms with Gasteiger partial charge in [-0.3, -0.25) is 5.43 Å². The minimum atomic E-state index is 0.699.